The van der Waals surface area contributed by atoms with E-state index in [1.807, 2.05) is 0 Å². The number of amides is 1. The minimum Gasteiger partial charge on any atom is -0.372 e. The highest BCUT2D eigenvalue weighted by atomic mass is 19.4. The van der Waals surface area contributed by atoms with Crippen LogP contribution in [0.25, 0.3) is 0 Å². The zero-order chi connectivity index (χ0) is 11.7. The van der Waals surface area contributed by atoms with Crippen molar-refractivity contribution in [1.82, 2.24) is 10.6 Å². The van der Waals surface area contributed by atoms with E-state index < -0.39 is 12.8 Å². The molecule has 2 N–H and O–H groups in total. The average molecular weight is 228 g/mol. The number of alkyl halides is 3. The molecular formula is C8H15F3N2O2. The van der Waals surface area contributed by atoms with Crippen molar-refractivity contribution in [2.24, 2.45) is 0 Å². The standard InChI is InChI=1S/C8H15F3N2O2/c1-12-3-4-13-7(14)2-5-15-6-8(9,10)11/h12H,2-6H2,1H3,(H,13,14). The molecule has 0 spiro atoms. The zero-order valence-corrected chi connectivity index (χ0v) is 8.49. The molecule has 0 aliphatic heterocycles. The molecule has 0 radical (unpaired) electrons. The van der Waals surface area contributed by atoms with E-state index in [1.54, 1.807) is 7.05 Å². The van der Waals surface area contributed by atoms with Gasteiger partial charge in [-0.1, -0.05) is 0 Å². The molecule has 4 nitrogen and oxygen atoms in total. The largest absolute Gasteiger partial charge is 0.411 e. The van der Waals surface area contributed by atoms with Crippen LogP contribution in [-0.2, 0) is 9.53 Å². The van der Waals surface area contributed by atoms with Crippen molar-refractivity contribution in [1.29, 1.82) is 0 Å². The minimum atomic E-state index is -4.33. The molecule has 0 aromatic carbocycles. The molecular weight excluding hydrogens is 213 g/mol. The Kier molecular flexibility index (Phi) is 7.06. The number of rotatable bonds is 7. The van der Waals surface area contributed by atoms with Gasteiger partial charge in [-0.25, -0.2) is 0 Å². The molecule has 0 rings (SSSR count). The summed E-state index contributed by atoms with van der Waals surface area (Å²) in [6.45, 7) is -0.453. The van der Waals surface area contributed by atoms with Crippen molar-refractivity contribution < 1.29 is 22.7 Å². The summed E-state index contributed by atoms with van der Waals surface area (Å²) in [4.78, 5) is 10.9. The number of carbonyl (C=O) groups is 1. The van der Waals surface area contributed by atoms with E-state index in [0.29, 0.717) is 13.1 Å². The van der Waals surface area contributed by atoms with Crippen LogP contribution in [0.2, 0.25) is 0 Å². The van der Waals surface area contributed by atoms with Crippen molar-refractivity contribution >= 4 is 5.91 Å². The lowest BCUT2D eigenvalue weighted by molar-refractivity contribution is -0.174. The number of hydrogen-bond donors (Lipinski definition) is 2. The summed E-state index contributed by atoms with van der Waals surface area (Å²) in [5, 5.41) is 5.33. The molecule has 1 amide bonds. The fourth-order valence-electron chi connectivity index (χ4n) is 0.768. The quantitative estimate of drug-likeness (QED) is 0.616. The molecule has 0 bridgehead atoms. The fraction of sp³-hybridized carbons (Fsp3) is 0.875. The van der Waals surface area contributed by atoms with Crippen LogP contribution in [0.4, 0.5) is 13.2 Å². The van der Waals surface area contributed by atoms with E-state index in [2.05, 4.69) is 15.4 Å². The van der Waals surface area contributed by atoms with E-state index in [1.165, 1.54) is 0 Å². The van der Waals surface area contributed by atoms with E-state index >= 15 is 0 Å². The number of hydrogen-bond acceptors (Lipinski definition) is 3. The summed E-state index contributed by atoms with van der Waals surface area (Å²) in [6.07, 6.45) is -4.39. The van der Waals surface area contributed by atoms with Crippen LogP contribution in [0, 0.1) is 0 Å². The summed E-state index contributed by atoms with van der Waals surface area (Å²) in [7, 11) is 1.73. The predicted molar refractivity (Wildman–Crippen MR) is 48.4 cm³/mol. The molecule has 0 heterocycles. The van der Waals surface area contributed by atoms with E-state index in [4.69, 9.17) is 0 Å². The van der Waals surface area contributed by atoms with Gasteiger partial charge >= 0.3 is 6.18 Å². The number of nitrogens with one attached hydrogen (secondary N) is 2. The van der Waals surface area contributed by atoms with Gasteiger partial charge in [-0.15, -0.1) is 0 Å². The van der Waals surface area contributed by atoms with Crippen LogP contribution in [0.1, 0.15) is 6.42 Å². The van der Waals surface area contributed by atoms with Crippen LogP contribution in [0.15, 0.2) is 0 Å². The van der Waals surface area contributed by atoms with Gasteiger partial charge in [0.25, 0.3) is 0 Å². The van der Waals surface area contributed by atoms with Gasteiger partial charge in [0.1, 0.15) is 6.61 Å². The number of ether oxygens (including phenoxy) is 1. The SMILES string of the molecule is CNCCNC(=O)CCOCC(F)(F)F. The minimum absolute atomic E-state index is 0.0558. The van der Waals surface area contributed by atoms with Crippen LogP contribution in [0.5, 0.6) is 0 Å². The van der Waals surface area contributed by atoms with Crippen molar-refractivity contribution in [3.05, 3.63) is 0 Å². The molecule has 0 atom stereocenters. The third kappa shape index (κ3) is 11.1. The Balaban J connectivity index is 3.32. The highest BCUT2D eigenvalue weighted by Gasteiger charge is 2.27. The average Bonchev–Trinajstić information content (AvgIpc) is 2.11. The maximum atomic E-state index is 11.6. The van der Waals surface area contributed by atoms with E-state index in [9.17, 15) is 18.0 Å². The summed E-state index contributed by atoms with van der Waals surface area (Å²) < 4.78 is 39.1. The van der Waals surface area contributed by atoms with Gasteiger partial charge in [-0.05, 0) is 7.05 Å². The first kappa shape index (κ1) is 14.2. The monoisotopic (exact) mass is 228 g/mol. The van der Waals surface area contributed by atoms with Crippen molar-refractivity contribution in [2.75, 3.05) is 33.4 Å². The third-order valence-electron chi connectivity index (χ3n) is 1.44. The first-order valence-corrected chi connectivity index (χ1v) is 4.51. The lowest BCUT2D eigenvalue weighted by atomic mass is 10.4. The Morgan fingerprint density at radius 3 is 2.53 bits per heavy atom. The van der Waals surface area contributed by atoms with Gasteiger partial charge in [0.15, 0.2) is 0 Å². The van der Waals surface area contributed by atoms with Gasteiger partial charge in [-0.3, -0.25) is 4.79 Å². The molecule has 0 saturated carbocycles. The maximum Gasteiger partial charge on any atom is 0.411 e. The smallest absolute Gasteiger partial charge is 0.372 e. The van der Waals surface area contributed by atoms with Gasteiger partial charge < -0.3 is 15.4 Å². The topological polar surface area (TPSA) is 50.4 Å². The first-order chi connectivity index (χ1) is 6.95. The summed E-state index contributed by atoms with van der Waals surface area (Å²) in [5.41, 5.74) is 0. The molecule has 0 aliphatic carbocycles. The maximum absolute atomic E-state index is 11.6. The molecule has 0 unspecified atom stereocenters. The lowest BCUT2D eigenvalue weighted by Crippen LogP contribution is -2.31. The molecule has 0 saturated heterocycles. The molecule has 0 aliphatic rings. The van der Waals surface area contributed by atoms with E-state index in [-0.39, 0.29) is 18.9 Å². The first-order valence-electron chi connectivity index (χ1n) is 4.51. The molecule has 7 heteroatoms. The van der Waals surface area contributed by atoms with Crippen LogP contribution in [0.3, 0.4) is 0 Å². The Hall–Kier alpha value is -0.820. The number of carbonyl (C=O) groups excluding carboxylic acids is 1. The summed E-state index contributed by atoms with van der Waals surface area (Å²) in [6, 6.07) is 0. The Morgan fingerprint density at radius 1 is 1.33 bits per heavy atom. The molecule has 0 aromatic rings. The van der Waals surface area contributed by atoms with Crippen molar-refractivity contribution in [3.63, 3.8) is 0 Å². The van der Waals surface area contributed by atoms with Crippen LogP contribution >= 0.6 is 0 Å². The fourth-order valence-corrected chi connectivity index (χ4v) is 0.768. The number of likely N-dealkylation sites (N-methyl/N-ethyl adjacent to an activating group) is 1. The summed E-state index contributed by atoms with van der Waals surface area (Å²) >= 11 is 0. The normalized spacial score (nSPS) is 11.5. The van der Waals surface area contributed by atoms with Crippen LogP contribution < -0.4 is 10.6 Å². The van der Waals surface area contributed by atoms with E-state index in [0.717, 1.165) is 0 Å². The van der Waals surface area contributed by atoms with Crippen molar-refractivity contribution in [2.45, 2.75) is 12.6 Å². The second-order valence-corrected chi connectivity index (χ2v) is 2.87. The van der Waals surface area contributed by atoms with Gasteiger partial charge in [0.05, 0.1) is 6.61 Å². The molecule has 90 valence electrons. The Morgan fingerprint density at radius 2 is 2.00 bits per heavy atom. The second kappa shape index (κ2) is 7.47. The lowest BCUT2D eigenvalue weighted by Gasteiger charge is -2.07. The Bertz CT molecular complexity index is 185. The van der Waals surface area contributed by atoms with Gasteiger partial charge in [-0.2, -0.15) is 13.2 Å². The molecule has 15 heavy (non-hydrogen) atoms. The van der Waals surface area contributed by atoms with Gasteiger partial charge in [0, 0.05) is 19.5 Å². The highest BCUT2D eigenvalue weighted by Crippen LogP contribution is 2.14. The van der Waals surface area contributed by atoms with Crippen LogP contribution in [-0.4, -0.2) is 45.4 Å². The molecule has 0 fully saturated rings. The summed E-state index contributed by atoms with van der Waals surface area (Å²) in [5.74, 6) is -0.313. The molecule has 0 aromatic heterocycles. The zero-order valence-electron chi connectivity index (χ0n) is 8.49. The highest BCUT2D eigenvalue weighted by molar-refractivity contribution is 5.75. The number of halogens is 3. The Labute approximate surface area is 86.2 Å². The second-order valence-electron chi connectivity index (χ2n) is 2.87. The predicted octanol–water partition coefficient (Wildman–Crippen LogP) is 0.291. The van der Waals surface area contributed by atoms with Crippen molar-refractivity contribution in [3.8, 4) is 0 Å². The third-order valence-corrected chi connectivity index (χ3v) is 1.44. The van der Waals surface area contributed by atoms with Gasteiger partial charge in [0.2, 0.25) is 5.91 Å².